The topological polar surface area (TPSA) is 0 Å². The molecule has 1 aromatic carbocycles. The highest BCUT2D eigenvalue weighted by molar-refractivity contribution is 5.67. The highest BCUT2D eigenvalue weighted by Crippen LogP contribution is 2.25. The molecule has 0 unspecified atom stereocenters. The van der Waals surface area contributed by atoms with Crippen LogP contribution in [0.3, 0.4) is 0 Å². The molecule has 0 saturated carbocycles. The van der Waals surface area contributed by atoms with Crippen LogP contribution >= 0.6 is 0 Å². The maximum atomic E-state index is 4.19. The first-order valence-electron chi connectivity index (χ1n) is 5.82. The van der Waals surface area contributed by atoms with Crippen LogP contribution in [-0.2, 0) is 0 Å². The van der Waals surface area contributed by atoms with E-state index in [9.17, 15) is 0 Å². The first-order valence-corrected chi connectivity index (χ1v) is 5.82. The molecule has 0 aliphatic carbocycles. The molecule has 0 saturated heterocycles. The molecule has 0 bridgehead atoms. The van der Waals surface area contributed by atoms with Gasteiger partial charge in [-0.1, -0.05) is 32.1 Å². The third-order valence-electron chi connectivity index (χ3n) is 3.05. The van der Waals surface area contributed by atoms with Gasteiger partial charge in [-0.2, -0.15) is 0 Å². The lowest BCUT2D eigenvalue weighted by molar-refractivity contribution is 0.824. The molecule has 0 nitrogen and oxygen atoms in total. The van der Waals surface area contributed by atoms with E-state index in [0.717, 1.165) is 6.42 Å². The number of benzene rings is 1. The molecule has 0 aliphatic rings. The van der Waals surface area contributed by atoms with Gasteiger partial charge in [0, 0.05) is 0 Å². The number of hydrogen-bond donors (Lipinski definition) is 0. The van der Waals surface area contributed by atoms with Crippen molar-refractivity contribution in [3.63, 3.8) is 0 Å². The SMILES string of the molecule is C=C(CCCC)c1cc(C)c(C)cc1C. The molecule has 0 radical (unpaired) electrons. The van der Waals surface area contributed by atoms with Gasteiger partial charge in [0.1, 0.15) is 0 Å². The molecular formula is C15H22. The van der Waals surface area contributed by atoms with E-state index in [1.165, 1.54) is 40.7 Å². The van der Waals surface area contributed by atoms with Crippen LogP contribution in [-0.4, -0.2) is 0 Å². The third-order valence-corrected chi connectivity index (χ3v) is 3.05. The van der Waals surface area contributed by atoms with Crippen molar-refractivity contribution in [2.45, 2.75) is 47.0 Å². The summed E-state index contributed by atoms with van der Waals surface area (Å²) in [5, 5.41) is 0. The first kappa shape index (κ1) is 12.0. The van der Waals surface area contributed by atoms with Crippen LogP contribution in [0.25, 0.3) is 5.57 Å². The smallest absolute Gasteiger partial charge is 0.0198 e. The zero-order chi connectivity index (χ0) is 11.4. The van der Waals surface area contributed by atoms with E-state index in [0.29, 0.717) is 0 Å². The van der Waals surface area contributed by atoms with Gasteiger partial charge in [-0.05, 0) is 61.4 Å². The molecule has 82 valence electrons. The summed E-state index contributed by atoms with van der Waals surface area (Å²) in [6.45, 7) is 12.9. The number of allylic oxidation sites excluding steroid dienone is 1. The summed E-state index contributed by atoms with van der Waals surface area (Å²) in [6, 6.07) is 4.55. The maximum Gasteiger partial charge on any atom is -0.0198 e. The summed E-state index contributed by atoms with van der Waals surface area (Å²) in [6.07, 6.45) is 3.61. The zero-order valence-electron chi connectivity index (χ0n) is 10.5. The second-order valence-corrected chi connectivity index (χ2v) is 4.46. The number of rotatable bonds is 4. The lowest BCUT2D eigenvalue weighted by Gasteiger charge is -2.12. The van der Waals surface area contributed by atoms with Crippen LogP contribution in [0.2, 0.25) is 0 Å². The fourth-order valence-electron chi connectivity index (χ4n) is 1.87. The Morgan fingerprint density at radius 2 is 1.67 bits per heavy atom. The van der Waals surface area contributed by atoms with Crippen molar-refractivity contribution < 1.29 is 0 Å². The summed E-state index contributed by atoms with van der Waals surface area (Å²) in [4.78, 5) is 0. The molecule has 0 spiro atoms. The lowest BCUT2D eigenvalue weighted by Crippen LogP contribution is -1.92. The molecule has 0 aromatic heterocycles. The van der Waals surface area contributed by atoms with Gasteiger partial charge < -0.3 is 0 Å². The molecular weight excluding hydrogens is 180 g/mol. The van der Waals surface area contributed by atoms with Gasteiger partial charge in [0.15, 0.2) is 0 Å². The largest absolute Gasteiger partial charge is 0.0952 e. The van der Waals surface area contributed by atoms with E-state index < -0.39 is 0 Å². The highest BCUT2D eigenvalue weighted by Gasteiger charge is 2.04. The molecule has 15 heavy (non-hydrogen) atoms. The Labute approximate surface area is 94.0 Å². The fraction of sp³-hybridized carbons (Fsp3) is 0.467. The van der Waals surface area contributed by atoms with Crippen molar-refractivity contribution in [2.24, 2.45) is 0 Å². The van der Waals surface area contributed by atoms with Crippen molar-refractivity contribution in [3.8, 4) is 0 Å². The Morgan fingerprint density at radius 3 is 2.27 bits per heavy atom. The average molecular weight is 202 g/mol. The van der Waals surface area contributed by atoms with Crippen LogP contribution in [0.1, 0.15) is 48.4 Å². The summed E-state index contributed by atoms with van der Waals surface area (Å²) in [5.41, 5.74) is 6.75. The number of hydrogen-bond acceptors (Lipinski definition) is 0. The van der Waals surface area contributed by atoms with Gasteiger partial charge >= 0.3 is 0 Å². The maximum absolute atomic E-state index is 4.19. The van der Waals surface area contributed by atoms with Gasteiger partial charge in [0.05, 0.1) is 0 Å². The van der Waals surface area contributed by atoms with Crippen molar-refractivity contribution in [1.82, 2.24) is 0 Å². The molecule has 0 aliphatic heterocycles. The highest BCUT2D eigenvalue weighted by atomic mass is 14.1. The van der Waals surface area contributed by atoms with Crippen LogP contribution in [0, 0.1) is 20.8 Å². The molecule has 0 N–H and O–H groups in total. The molecule has 0 fully saturated rings. The first-order chi connectivity index (χ1) is 7.06. The minimum absolute atomic E-state index is 1.12. The summed E-state index contributed by atoms with van der Waals surface area (Å²) in [7, 11) is 0. The van der Waals surface area contributed by atoms with Gasteiger partial charge in [0.25, 0.3) is 0 Å². The summed E-state index contributed by atoms with van der Waals surface area (Å²) < 4.78 is 0. The van der Waals surface area contributed by atoms with Gasteiger partial charge in [-0.3, -0.25) is 0 Å². The molecule has 0 heteroatoms. The van der Waals surface area contributed by atoms with Gasteiger partial charge in [-0.15, -0.1) is 0 Å². The predicted octanol–water partition coefficient (Wildman–Crippen LogP) is 4.82. The Bertz CT molecular complexity index is 359. The van der Waals surface area contributed by atoms with Crippen molar-refractivity contribution >= 4 is 5.57 Å². The number of unbranched alkanes of at least 4 members (excludes halogenated alkanes) is 1. The van der Waals surface area contributed by atoms with Crippen LogP contribution < -0.4 is 0 Å². The fourth-order valence-corrected chi connectivity index (χ4v) is 1.87. The minimum atomic E-state index is 1.12. The minimum Gasteiger partial charge on any atom is -0.0952 e. The Balaban J connectivity index is 2.94. The van der Waals surface area contributed by atoms with Crippen molar-refractivity contribution in [1.29, 1.82) is 0 Å². The Morgan fingerprint density at radius 1 is 1.07 bits per heavy atom. The molecule has 1 aromatic rings. The summed E-state index contributed by atoms with van der Waals surface area (Å²) >= 11 is 0. The zero-order valence-corrected chi connectivity index (χ0v) is 10.5. The van der Waals surface area contributed by atoms with E-state index >= 15 is 0 Å². The second-order valence-electron chi connectivity index (χ2n) is 4.46. The predicted molar refractivity (Wildman–Crippen MR) is 69.2 cm³/mol. The summed E-state index contributed by atoms with van der Waals surface area (Å²) in [5.74, 6) is 0. The number of aryl methyl sites for hydroxylation is 3. The van der Waals surface area contributed by atoms with E-state index in [1.807, 2.05) is 0 Å². The lowest BCUT2D eigenvalue weighted by atomic mass is 9.94. The van der Waals surface area contributed by atoms with E-state index in [1.54, 1.807) is 0 Å². The Hall–Kier alpha value is -1.04. The second kappa shape index (κ2) is 5.16. The monoisotopic (exact) mass is 202 g/mol. The standard InChI is InChI=1S/C15H22/c1-6-7-8-11(2)15-10-13(4)12(3)9-14(15)5/h9-10H,2,6-8H2,1,3-5H3. The average Bonchev–Trinajstić information content (AvgIpc) is 2.20. The van der Waals surface area contributed by atoms with Crippen molar-refractivity contribution in [2.75, 3.05) is 0 Å². The molecule has 1 rings (SSSR count). The van der Waals surface area contributed by atoms with Crippen LogP contribution in [0.4, 0.5) is 0 Å². The Kier molecular flexibility index (Phi) is 4.14. The van der Waals surface area contributed by atoms with E-state index in [2.05, 4.69) is 46.4 Å². The van der Waals surface area contributed by atoms with E-state index in [-0.39, 0.29) is 0 Å². The molecule has 0 atom stereocenters. The van der Waals surface area contributed by atoms with E-state index in [4.69, 9.17) is 0 Å². The quantitative estimate of drug-likeness (QED) is 0.657. The van der Waals surface area contributed by atoms with Gasteiger partial charge in [-0.25, -0.2) is 0 Å². The molecule has 0 heterocycles. The normalized spacial score (nSPS) is 10.4. The van der Waals surface area contributed by atoms with Gasteiger partial charge in [0.2, 0.25) is 0 Å². The van der Waals surface area contributed by atoms with Crippen LogP contribution in [0.15, 0.2) is 18.7 Å². The third kappa shape index (κ3) is 2.95. The van der Waals surface area contributed by atoms with Crippen LogP contribution in [0.5, 0.6) is 0 Å². The molecule has 0 amide bonds. The van der Waals surface area contributed by atoms with Crippen molar-refractivity contribution in [3.05, 3.63) is 41.0 Å².